The summed E-state index contributed by atoms with van der Waals surface area (Å²) < 4.78 is 76.4. The summed E-state index contributed by atoms with van der Waals surface area (Å²) in [5.74, 6) is -2.02. The first-order valence-electron chi connectivity index (χ1n) is 6.29. The number of aryl methyl sites for hydroxylation is 1. The van der Waals surface area contributed by atoms with Gasteiger partial charge in [0.15, 0.2) is 9.84 Å². The van der Waals surface area contributed by atoms with E-state index in [9.17, 15) is 25.6 Å². The second-order valence-electron chi connectivity index (χ2n) is 4.93. The number of rotatable bonds is 4. The van der Waals surface area contributed by atoms with Crippen molar-refractivity contribution >= 4 is 25.5 Å². The molecule has 0 atom stereocenters. The lowest BCUT2D eigenvalue weighted by atomic mass is 10.2. The van der Waals surface area contributed by atoms with Gasteiger partial charge in [0, 0.05) is 6.26 Å². The molecular formula is C14H13F2NO4S2. The molecule has 9 heteroatoms. The number of benzene rings is 2. The lowest BCUT2D eigenvalue weighted by molar-refractivity contribution is 0.555. The Bertz CT molecular complexity index is 970. The van der Waals surface area contributed by atoms with E-state index in [-0.39, 0.29) is 10.6 Å². The van der Waals surface area contributed by atoms with Gasteiger partial charge in [0.1, 0.15) is 16.5 Å². The van der Waals surface area contributed by atoms with Gasteiger partial charge in [-0.15, -0.1) is 0 Å². The second-order valence-corrected chi connectivity index (χ2v) is 8.60. The van der Waals surface area contributed by atoms with Crippen molar-refractivity contribution in [2.45, 2.75) is 16.7 Å². The van der Waals surface area contributed by atoms with Crippen LogP contribution in [0.3, 0.4) is 0 Å². The molecule has 5 nitrogen and oxygen atoms in total. The third kappa shape index (κ3) is 3.85. The fourth-order valence-electron chi connectivity index (χ4n) is 1.82. The van der Waals surface area contributed by atoms with Gasteiger partial charge in [0.05, 0.1) is 10.6 Å². The van der Waals surface area contributed by atoms with E-state index in [0.717, 1.165) is 18.4 Å². The summed E-state index contributed by atoms with van der Waals surface area (Å²) in [7, 11) is -7.96. The van der Waals surface area contributed by atoms with E-state index in [4.69, 9.17) is 0 Å². The van der Waals surface area contributed by atoms with Crippen LogP contribution in [0.4, 0.5) is 14.5 Å². The minimum atomic E-state index is -4.41. The molecule has 0 bridgehead atoms. The first kappa shape index (κ1) is 17.4. The van der Waals surface area contributed by atoms with E-state index in [1.165, 1.54) is 12.1 Å². The number of sulfone groups is 1. The van der Waals surface area contributed by atoms with Crippen molar-refractivity contribution in [2.75, 3.05) is 11.0 Å². The molecule has 0 heterocycles. The van der Waals surface area contributed by atoms with E-state index >= 15 is 0 Å². The molecule has 0 spiro atoms. The number of halogens is 2. The van der Waals surface area contributed by atoms with Gasteiger partial charge in [-0.2, -0.15) is 0 Å². The molecule has 0 fully saturated rings. The highest BCUT2D eigenvalue weighted by Crippen LogP contribution is 2.24. The van der Waals surface area contributed by atoms with Crippen LogP contribution < -0.4 is 4.72 Å². The molecule has 0 saturated carbocycles. The first-order chi connectivity index (χ1) is 10.5. The zero-order valence-corrected chi connectivity index (χ0v) is 13.8. The number of hydrogen-bond donors (Lipinski definition) is 1. The number of hydrogen-bond acceptors (Lipinski definition) is 4. The van der Waals surface area contributed by atoms with Gasteiger partial charge in [0.25, 0.3) is 10.0 Å². The Hall–Kier alpha value is -2.00. The number of anilines is 1. The van der Waals surface area contributed by atoms with Crippen molar-refractivity contribution in [3.05, 3.63) is 53.6 Å². The zero-order valence-electron chi connectivity index (χ0n) is 12.2. The Morgan fingerprint density at radius 1 is 0.957 bits per heavy atom. The van der Waals surface area contributed by atoms with Crippen LogP contribution in [0.2, 0.25) is 0 Å². The molecule has 0 aromatic heterocycles. The molecule has 0 aliphatic rings. The fourth-order valence-corrected chi connectivity index (χ4v) is 3.68. The Labute approximate surface area is 132 Å². The van der Waals surface area contributed by atoms with Crippen LogP contribution in [0, 0.1) is 18.6 Å². The van der Waals surface area contributed by atoms with Crippen molar-refractivity contribution in [1.29, 1.82) is 0 Å². The summed E-state index contributed by atoms with van der Waals surface area (Å²) in [4.78, 5) is -0.956. The minimum absolute atomic E-state index is 0.0309. The second kappa shape index (κ2) is 5.89. The van der Waals surface area contributed by atoms with Crippen molar-refractivity contribution < 1.29 is 25.6 Å². The maximum Gasteiger partial charge on any atom is 0.264 e. The topological polar surface area (TPSA) is 80.3 Å². The Morgan fingerprint density at radius 3 is 2.22 bits per heavy atom. The quantitative estimate of drug-likeness (QED) is 0.907. The van der Waals surface area contributed by atoms with Gasteiger partial charge in [-0.25, -0.2) is 25.6 Å². The average Bonchev–Trinajstić information content (AvgIpc) is 2.42. The van der Waals surface area contributed by atoms with Crippen LogP contribution in [0.1, 0.15) is 5.56 Å². The van der Waals surface area contributed by atoms with Gasteiger partial charge in [-0.1, -0.05) is 6.07 Å². The molecule has 1 N–H and O–H groups in total. The third-order valence-corrected chi connectivity index (χ3v) is 5.56. The summed E-state index contributed by atoms with van der Waals surface area (Å²) in [5, 5.41) is 0. The summed E-state index contributed by atoms with van der Waals surface area (Å²) >= 11 is 0. The summed E-state index contributed by atoms with van der Waals surface area (Å²) in [5.41, 5.74) is 0.398. The molecular weight excluding hydrogens is 348 g/mol. The predicted octanol–water partition coefficient (Wildman–Crippen LogP) is 2.48. The highest BCUT2D eigenvalue weighted by molar-refractivity contribution is 7.92. The lowest BCUT2D eigenvalue weighted by Gasteiger charge is -2.12. The predicted molar refractivity (Wildman–Crippen MR) is 81.5 cm³/mol. The Kier molecular flexibility index (Phi) is 4.45. The van der Waals surface area contributed by atoms with Crippen molar-refractivity contribution in [3.8, 4) is 0 Å². The lowest BCUT2D eigenvalue weighted by Crippen LogP contribution is -2.16. The molecule has 2 rings (SSSR count). The van der Waals surface area contributed by atoms with Crippen LogP contribution >= 0.6 is 0 Å². The van der Waals surface area contributed by atoms with Crippen LogP contribution in [0.5, 0.6) is 0 Å². The molecule has 0 aliphatic heterocycles. The van der Waals surface area contributed by atoms with Gasteiger partial charge in [-0.3, -0.25) is 4.72 Å². The summed E-state index contributed by atoms with van der Waals surface area (Å²) in [6.07, 6.45) is 0.974. The average molecular weight is 361 g/mol. The molecule has 0 amide bonds. The molecule has 0 aliphatic carbocycles. The normalized spacial score (nSPS) is 12.2. The number of nitrogens with one attached hydrogen (secondary N) is 1. The van der Waals surface area contributed by atoms with E-state index in [2.05, 4.69) is 4.72 Å². The minimum Gasteiger partial charge on any atom is -0.279 e. The summed E-state index contributed by atoms with van der Waals surface area (Å²) in [6.45, 7) is 1.55. The fraction of sp³-hybridized carbons (Fsp3) is 0.143. The SMILES string of the molecule is Cc1ccc(S(C)(=O)=O)cc1NS(=O)(=O)c1cc(F)ccc1F. The van der Waals surface area contributed by atoms with Crippen LogP contribution in [0.25, 0.3) is 0 Å². The monoisotopic (exact) mass is 361 g/mol. The highest BCUT2D eigenvalue weighted by atomic mass is 32.2. The van der Waals surface area contributed by atoms with Gasteiger partial charge < -0.3 is 0 Å². The molecule has 0 radical (unpaired) electrons. The third-order valence-electron chi connectivity index (χ3n) is 3.06. The molecule has 124 valence electrons. The highest BCUT2D eigenvalue weighted by Gasteiger charge is 2.21. The van der Waals surface area contributed by atoms with Crippen LogP contribution in [0.15, 0.2) is 46.2 Å². The maximum atomic E-state index is 13.7. The van der Waals surface area contributed by atoms with Gasteiger partial charge in [-0.05, 0) is 42.8 Å². The molecule has 2 aromatic rings. The number of sulfonamides is 1. The van der Waals surface area contributed by atoms with Crippen molar-refractivity contribution in [2.24, 2.45) is 0 Å². The smallest absolute Gasteiger partial charge is 0.264 e. The van der Waals surface area contributed by atoms with E-state index in [1.807, 2.05) is 0 Å². The maximum absolute atomic E-state index is 13.7. The van der Waals surface area contributed by atoms with E-state index < -0.39 is 36.4 Å². The first-order valence-corrected chi connectivity index (χ1v) is 9.67. The largest absolute Gasteiger partial charge is 0.279 e. The molecule has 2 aromatic carbocycles. The Balaban J connectivity index is 2.51. The van der Waals surface area contributed by atoms with Gasteiger partial charge in [0.2, 0.25) is 0 Å². The van der Waals surface area contributed by atoms with Crippen LogP contribution in [-0.2, 0) is 19.9 Å². The van der Waals surface area contributed by atoms with E-state index in [0.29, 0.717) is 17.7 Å². The van der Waals surface area contributed by atoms with Gasteiger partial charge >= 0.3 is 0 Å². The van der Waals surface area contributed by atoms with Crippen LogP contribution in [-0.4, -0.2) is 23.1 Å². The van der Waals surface area contributed by atoms with Crippen molar-refractivity contribution in [1.82, 2.24) is 0 Å². The zero-order chi connectivity index (χ0) is 17.4. The van der Waals surface area contributed by atoms with E-state index in [1.54, 1.807) is 6.92 Å². The molecule has 0 saturated heterocycles. The summed E-state index contributed by atoms with van der Waals surface area (Å²) in [6, 6.07) is 5.90. The molecule has 0 unspecified atom stereocenters. The Morgan fingerprint density at radius 2 is 1.61 bits per heavy atom. The van der Waals surface area contributed by atoms with Crippen molar-refractivity contribution in [3.63, 3.8) is 0 Å². The molecule has 23 heavy (non-hydrogen) atoms. The standard InChI is InChI=1S/C14H13F2NO4S2/c1-9-3-5-11(22(2,18)19)8-13(9)17-23(20,21)14-7-10(15)4-6-12(14)16/h3-8,17H,1-2H3.